The van der Waals surface area contributed by atoms with Gasteiger partial charge in [0.1, 0.15) is 0 Å². The van der Waals surface area contributed by atoms with E-state index in [0.29, 0.717) is 12.1 Å². The molecule has 0 bridgehead atoms. The SMILES string of the molecule is CCS(=O)(=O)c1ccc(C(=O)NCCCCN2CCN(c3cccc(C)c3)CC2)cc1. The van der Waals surface area contributed by atoms with Crippen LogP contribution in [0, 0.1) is 6.92 Å². The van der Waals surface area contributed by atoms with Gasteiger partial charge in [0.05, 0.1) is 10.6 Å². The van der Waals surface area contributed by atoms with E-state index in [1.54, 1.807) is 19.1 Å². The lowest BCUT2D eigenvalue weighted by molar-refractivity contribution is 0.0952. The van der Waals surface area contributed by atoms with Crippen molar-refractivity contribution in [3.8, 4) is 0 Å². The van der Waals surface area contributed by atoms with Gasteiger partial charge in [0.15, 0.2) is 9.84 Å². The van der Waals surface area contributed by atoms with Gasteiger partial charge in [-0.05, 0) is 68.3 Å². The summed E-state index contributed by atoms with van der Waals surface area (Å²) in [6, 6.07) is 14.8. The maximum atomic E-state index is 12.3. The first-order chi connectivity index (χ1) is 14.9. The predicted octanol–water partition coefficient (Wildman–Crippen LogP) is 3.12. The Morgan fingerprint density at radius 3 is 2.35 bits per heavy atom. The Balaban J connectivity index is 1.33. The highest BCUT2D eigenvalue weighted by Gasteiger charge is 2.17. The summed E-state index contributed by atoms with van der Waals surface area (Å²) in [5, 5.41) is 2.93. The molecule has 0 saturated carbocycles. The molecule has 168 valence electrons. The summed E-state index contributed by atoms with van der Waals surface area (Å²) in [5.74, 6) is -0.105. The van der Waals surface area contributed by atoms with Gasteiger partial charge in [-0.3, -0.25) is 9.69 Å². The Hall–Kier alpha value is -2.38. The maximum Gasteiger partial charge on any atom is 0.251 e. The van der Waals surface area contributed by atoms with Crippen molar-refractivity contribution in [3.05, 3.63) is 59.7 Å². The molecule has 6 nitrogen and oxygen atoms in total. The second-order valence-corrected chi connectivity index (χ2v) is 10.3. The van der Waals surface area contributed by atoms with Crippen LogP contribution in [-0.2, 0) is 9.84 Å². The first-order valence-corrected chi connectivity index (χ1v) is 12.7. The monoisotopic (exact) mass is 443 g/mol. The molecule has 0 aromatic heterocycles. The minimum Gasteiger partial charge on any atom is -0.369 e. The fourth-order valence-corrected chi connectivity index (χ4v) is 4.68. The van der Waals surface area contributed by atoms with Gasteiger partial charge >= 0.3 is 0 Å². The predicted molar refractivity (Wildman–Crippen MR) is 126 cm³/mol. The van der Waals surface area contributed by atoms with Crippen molar-refractivity contribution in [1.82, 2.24) is 10.2 Å². The molecule has 1 amide bonds. The second-order valence-electron chi connectivity index (χ2n) is 8.06. The van der Waals surface area contributed by atoms with E-state index in [4.69, 9.17) is 0 Å². The first-order valence-electron chi connectivity index (χ1n) is 11.0. The number of rotatable bonds is 9. The van der Waals surface area contributed by atoms with Crippen LogP contribution in [-0.4, -0.2) is 64.2 Å². The molecule has 31 heavy (non-hydrogen) atoms. The van der Waals surface area contributed by atoms with Crippen LogP contribution in [0.5, 0.6) is 0 Å². The summed E-state index contributed by atoms with van der Waals surface area (Å²) in [6.45, 7) is 9.62. The smallest absolute Gasteiger partial charge is 0.251 e. The Bertz CT molecular complexity index is 966. The molecule has 1 aliphatic rings. The van der Waals surface area contributed by atoms with Crippen molar-refractivity contribution in [2.24, 2.45) is 0 Å². The number of carbonyl (C=O) groups is 1. The molecular weight excluding hydrogens is 410 g/mol. The largest absolute Gasteiger partial charge is 0.369 e. The number of nitrogens with zero attached hydrogens (tertiary/aromatic N) is 2. The molecule has 7 heteroatoms. The van der Waals surface area contributed by atoms with E-state index in [1.807, 2.05) is 0 Å². The number of sulfone groups is 1. The summed E-state index contributed by atoms with van der Waals surface area (Å²) < 4.78 is 23.7. The number of piperazine rings is 1. The summed E-state index contributed by atoms with van der Waals surface area (Å²) in [5.41, 5.74) is 3.09. The van der Waals surface area contributed by atoms with Crippen LogP contribution >= 0.6 is 0 Å². The second kappa shape index (κ2) is 10.8. The van der Waals surface area contributed by atoms with Gasteiger partial charge in [-0.15, -0.1) is 0 Å². The van der Waals surface area contributed by atoms with Gasteiger partial charge in [-0.25, -0.2) is 8.42 Å². The lowest BCUT2D eigenvalue weighted by Gasteiger charge is -2.36. The van der Waals surface area contributed by atoms with Crippen molar-refractivity contribution in [2.45, 2.75) is 31.6 Å². The number of aryl methyl sites for hydroxylation is 1. The number of amides is 1. The lowest BCUT2D eigenvalue weighted by Crippen LogP contribution is -2.46. The van der Waals surface area contributed by atoms with Crippen molar-refractivity contribution in [1.29, 1.82) is 0 Å². The molecular formula is C24H33N3O3S. The number of nitrogens with one attached hydrogen (secondary N) is 1. The van der Waals surface area contributed by atoms with E-state index in [9.17, 15) is 13.2 Å². The number of hydrogen-bond donors (Lipinski definition) is 1. The highest BCUT2D eigenvalue weighted by molar-refractivity contribution is 7.91. The van der Waals surface area contributed by atoms with Crippen molar-refractivity contribution in [3.63, 3.8) is 0 Å². The van der Waals surface area contributed by atoms with E-state index >= 15 is 0 Å². The highest BCUT2D eigenvalue weighted by Crippen LogP contribution is 2.18. The van der Waals surface area contributed by atoms with Crippen LogP contribution in [0.15, 0.2) is 53.4 Å². The fourth-order valence-electron chi connectivity index (χ4n) is 3.80. The fraction of sp³-hybridized carbons (Fsp3) is 0.458. The average molecular weight is 444 g/mol. The van der Waals surface area contributed by atoms with Crippen LogP contribution in [0.25, 0.3) is 0 Å². The van der Waals surface area contributed by atoms with Crippen LogP contribution in [0.3, 0.4) is 0 Å². The summed E-state index contributed by atoms with van der Waals surface area (Å²) in [4.78, 5) is 17.4. The average Bonchev–Trinajstić information content (AvgIpc) is 2.79. The molecule has 0 radical (unpaired) electrons. The number of benzene rings is 2. The number of carbonyl (C=O) groups excluding carboxylic acids is 1. The van der Waals surface area contributed by atoms with Crippen molar-refractivity contribution in [2.75, 3.05) is 49.9 Å². The first kappa shape index (κ1) is 23.3. The highest BCUT2D eigenvalue weighted by atomic mass is 32.2. The molecule has 2 aromatic rings. The molecule has 1 saturated heterocycles. The van der Waals surface area contributed by atoms with Crippen molar-refractivity contribution >= 4 is 21.4 Å². The standard InChI is InChI=1S/C24H33N3O3S/c1-3-31(29,30)23-11-9-21(10-12-23)24(28)25-13-4-5-14-26-15-17-27(18-16-26)22-8-6-7-20(2)19-22/h6-12,19H,3-5,13-18H2,1-2H3,(H,25,28). The Labute approximate surface area is 186 Å². The summed E-state index contributed by atoms with van der Waals surface area (Å²) >= 11 is 0. The molecule has 0 unspecified atom stereocenters. The van der Waals surface area contributed by atoms with Crippen LogP contribution in [0.1, 0.15) is 35.7 Å². The summed E-state index contributed by atoms with van der Waals surface area (Å²) in [7, 11) is -3.24. The van der Waals surface area contributed by atoms with Crippen LogP contribution < -0.4 is 10.2 Å². The molecule has 0 aliphatic carbocycles. The quantitative estimate of drug-likeness (QED) is 0.603. The Morgan fingerprint density at radius 2 is 1.71 bits per heavy atom. The minimum atomic E-state index is -3.24. The van der Waals surface area contributed by atoms with E-state index < -0.39 is 9.84 Å². The van der Waals surface area contributed by atoms with Crippen LogP contribution in [0.4, 0.5) is 5.69 Å². The third kappa shape index (κ3) is 6.55. The number of anilines is 1. The van der Waals surface area contributed by atoms with Gasteiger partial charge in [0.2, 0.25) is 0 Å². The van der Waals surface area contributed by atoms with E-state index in [0.717, 1.165) is 45.6 Å². The zero-order chi connectivity index (χ0) is 22.3. The zero-order valence-electron chi connectivity index (χ0n) is 18.5. The molecule has 0 atom stereocenters. The maximum absolute atomic E-state index is 12.3. The molecule has 1 aliphatic heterocycles. The van der Waals surface area contributed by atoms with Crippen molar-refractivity contribution < 1.29 is 13.2 Å². The van der Waals surface area contributed by atoms with Gasteiger partial charge in [-0.1, -0.05) is 19.1 Å². The van der Waals surface area contributed by atoms with E-state index in [-0.39, 0.29) is 16.6 Å². The number of hydrogen-bond acceptors (Lipinski definition) is 5. The van der Waals surface area contributed by atoms with E-state index in [2.05, 4.69) is 46.3 Å². The summed E-state index contributed by atoms with van der Waals surface area (Å²) in [6.07, 6.45) is 1.96. The third-order valence-corrected chi connectivity index (χ3v) is 7.53. The molecule has 1 fully saturated rings. The lowest BCUT2D eigenvalue weighted by atomic mass is 10.2. The topological polar surface area (TPSA) is 69.7 Å². The van der Waals surface area contributed by atoms with Gasteiger partial charge in [0, 0.05) is 44.0 Å². The van der Waals surface area contributed by atoms with Gasteiger partial charge in [-0.2, -0.15) is 0 Å². The molecule has 1 N–H and O–H groups in total. The Morgan fingerprint density at radius 1 is 1.00 bits per heavy atom. The molecule has 3 rings (SSSR count). The van der Waals surface area contributed by atoms with Gasteiger partial charge in [0.25, 0.3) is 5.91 Å². The van der Waals surface area contributed by atoms with E-state index in [1.165, 1.54) is 23.4 Å². The number of unbranched alkanes of at least 4 members (excludes halogenated alkanes) is 1. The van der Waals surface area contributed by atoms with Crippen LogP contribution in [0.2, 0.25) is 0 Å². The molecule has 0 spiro atoms. The zero-order valence-corrected chi connectivity index (χ0v) is 19.3. The van der Waals surface area contributed by atoms with Gasteiger partial charge < -0.3 is 10.2 Å². The third-order valence-electron chi connectivity index (χ3n) is 5.78. The molecule has 1 heterocycles. The Kier molecular flexibility index (Phi) is 8.09. The normalized spacial score (nSPS) is 15.1. The minimum absolute atomic E-state index is 0.0551. The molecule has 2 aromatic carbocycles.